The number of nitrogen functional groups attached to an aromatic ring is 1. The Kier molecular flexibility index (Phi) is 10.0. The van der Waals surface area contributed by atoms with Gasteiger partial charge in [-0.15, -0.1) is 0 Å². The number of nitrogens with two attached hydrogens (primary N) is 1. The standard InChI is InChI=1S/C24H37N6O10PS/c1-7-36-22(32)26-9-8-23(2,3)20(31)42-11-10-37-41(33)38-12-14-16(40-41)24(4,35-6)19(39-14)30-13-27-15-17(30)28-21(25)29-18(15)34-5/h13-14,16,19H,7-12H2,1-6H3,(H,26,32)(H2,25,28,29). The molecule has 4 heterocycles. The van der Waals surface area contributed by atoms with Crippen LogP contribution in [0.25, 0.3) is 11.2 Å². The van der Waals surface area contributed by atoms with Crippen molar-refractivity contribution in [3.8, 4) is 5.88 Å². The Morgan fingerprint density at radius 1 is 1.33 bits per heavy atom. The zero-order chi connectivity index (χ0) is 30.7. The highest BCUT2D eigenvalue weighted by Crippen LogP contribution is 2.59. The lowest BCUT2D eigenvalue weighted by Gasteiger charge is -2.37. The minimum Gasteiger partial charge on any atom is -0.479 e. The van der Waals surface area contributed by atoms with Gasteiger partial charge in [0, 0.05) is 24.8 Å². The molecule has 42 heavy (non-hydrogen) atoms. The molecule has 5 atom stereocenters. The predicted octanol–water partition coefficient (Wildman–Crippen LogP) is 2.68. The minimum absolute atomic E-state index is 0.0128. The van der Waals surface area contributed by atoms with E-state index in [-0.39, 0.29) is 49.1 Å². The number of ether oxygens (including phenoxy) is 4. The molecule has 2 saturated heterocycles. The number of hydrogen-bond acceptors (Lipinski definition) is 15. The molecule has 1 amide bonds. The SMILES string of the molecule is CCOC(=O)NCCC(C)(C)C(=O)SCCOP1(=O)OCC2OC(n3cnc4c(OC)nc(N)nc43)C(C)(OC)C2O1. The van der Waals surface area contributed by atoms with Crippen molar-refractivity contribution in [2.75, 3.05) is 52.1 Å². The Labute approximate surface area is 247 Å². The molecule has 2 fully saturated rings. The molecule has 5 unspecified atom stereocenters. The Morgan fingerprint density at radius 2 is 2.10 bits per heavy atom. The number of amides is 1. The van der Waals surface area contributed by atoms with Crippen LogP contribution in [0, 0.1) is 5.41 Å². The number of carbonyl (C=O) groups is 2. The van der Waals surface area contributed by atoms with Gasteiger partial charge in [-0.2, -0.15) is 9.97 Å². The molecule has 18 heteroatoms. The van der Waals surface area contributed by atoms with E-state index in [1.165, 1.54) is 20.5 Å². The van der Waals surface area contributed by atoms with Crippen LogP contribution in [-0.4, -0.2) is 94.9 Å². The van der Waals surface area contributed by atoms with Crippen molar-refractivity contribution in [1.82, 2.24) is 24.8 Å². The lowest BCUT2D eigenvalue weighted by Crippen LogP contribution is -2.49. The van der Waals surface area contributed by atoms with Gasteiger partial charge in [0.1, 0.15) is 17.8 Å². The molecule has 4 rings (SSSR count). The number of phosphoric ester groups is 1. The molecule has 234 valence electrons. The summed E-state index contributed by atoms with van der Waals surface area (Å²) in [7, 11) is -1.09. The number of imidazole rings is 1. The maximum Gasteiger partial charge on any atom is 0.475 e. The third-order valence-corrected chi connectivity index (χ3v) is 9.68. The fourth-order valence-corrected chi connectivity index (χ4v) is 7.03. The first kappa shape index (κ1) is 32.4. The number of nitrogens with zero attached hydrogens (tertiary/aromatic N) is 4. The van der Waals surface area contributed by atoms with E-state index in [1.807, 2.05) is 0 Å². The lowest BCUT2D eigenvalue weighted by atomic mass is 9.91. The van der Waals surface area contributed by atoms with Crippen LogP contribution in [0.2, 0.25) is 0 Å². The van der Waals surface area contributed by atoms with E-state index in [1.54, 1.807) is 32.3 Å². The van der Waals surface area contributed by atoms with Crippen molar-refractivity contribution < 1.29 is 46.7 Å². The van der Waals surface area contributed by atoms with E-state index in [0.29, 0.717) is 17.6 Å². The van der Waals surface area contributed by atoms with E-state index in [2.05, 4.69) is 20.3 Å². The molecule has 16 nitrogen and oxygen atoms in total. The molecule has 0 aliphatic carbocycles. The number of nitrogens with one attached hydrogen (secondary N) is 1. The van der Waals surface area contributed by atoms with Gasteiger partial charge in [0.2, 0.25) is 11.8 Å². The van der Waals surface area contributed by atoms with E-state index >= 15 is 0 Å². The van der Waals surface area contributed by atoms with Gasteiger partial charge < -0.3 is 30.0 Å². The van der Waals surface area contributed by atoms with Crippen molar-refractivity contribution in [2.45, 2.75) is 58.2 Å². The van der Waals surface area contributed by atoms with Gasteiger partial charge in [0.15, 0.2) is 22.5 Å². The van der Waals surface area contributed by atoms with Crippen LogP contribution >= 0.6 is 19.6 Å². The second-order valence-corrected chi connectivity index (χ2v) is 13.0. The molecule has 2 aliphatic rings. The van der Waals surface area contributed by atoms with E-state index in [9.17, 15) is 14.2 Å². The lowest BCUT2D eigenvalue weighted by molar-refractivity contribution is -0.118. The van der Waals surface area contributed by atoms with Gasteiger partial charge >= 0.3 is 13.9 Å². The summed E-state index contributed by atoms with van der Waals surface area (Å²) >= 11 is 1.04. The first-order chi connectivity index (χ1) is 19.9. The molecule has 0 bridgehead atoms. The number of fused-ring (bicyclic) bond motifs is 2. The summed E-state index contributed by atoms with van der Waals surface area (Å²) < 4.78 is 54.2. The Bertz CT molecular complexity index is 1340. The summed E-state index contributed by atoms with van der Waals surface area (Å²) in [5.41, 5.74) is 4.71. The van der Waals surface area contributed by atoms with Gasteiger partial charge in [-0.25, -0.2) is 14.3 Å². The maximum absolute atomic E-state index is 13.4. The summed E-state index contributed by atoms with van der Waals surface area (Å²) in [6, 6.07) is 0. The second kappa shape index (κ2) is 13.0. The molecule has 2 aromatic rings. The smallest absolute Gasteiger partial charge is 0.475 e. The second-order valence-electron chi connectivity index (χ2n) is 10.3. The number of methoxy groups -OCH3 is 2. The number of rotatable bonds is 12. The van der Waals surface area contributed by atoms with Crippen LogP contribution < -0.4 is 15.8 Å². The van der Waals surface area contributed by atoms with Crippen molar-refractivity contribution >= 4 is 47.9 Å². The summed E-state index contributed by atoms with van der Waals surface area (Å²) in [6.07, 6.45) is -0.914. The van der Waals surface area contributed by atoms with E-state index in [4.69, 9.17) is 38.3 Å². The zero-order valence-corrected chi connectivity index (χ0v) is 26.1. The highest BCUT2D eigenvalue weighted by molar-refractivity contribution is 8.13. The molecule has 2 aromatic heterocycles. The van der Waals surface area contributed by atoms with Gasteiger partial charge in [-0.3, -0.25) is 22.9 Å². The number of thioether (sulfide) groups is 1. The predicted molar refractivity (Wildman–Crippen MR) is 151 cm³/mol. The fourth-order valence-electron chi connectivity index (χ4n) is 4.60. The number of carbonyl (C=O) groups excluding carboxylic acids is 2. The maximum atomic E-state index is 13.4. The van der Waals surface area contributed by atoms with Crippen LogP contribution in [0.15, 0.2) is 6.33 Å². The Hall–Kier alpha value is -2.53. The molecular formula is C24H37N6O10PS. The average molecular weight is 633 g/mol. The van der Waals surface area contributed by atoms with Crippen LogP contribution in [-0.2, 0) is 37.1 Å². The summed E-state index contributed by atoms with van der Waals surface area (Å²) in [5, 5.41) is 2.50. The third-order valence-electron chi connectivity index (χ3n) is 7.04. The molecule has 3 N–H and O–H groups in total. The van der Waals surface area contributed by atoms with Gasteiger partial charge in [0.25, 0.3) is 0 Å². The Balaban J connectivity index is 1.36. The molecule has 2 aliphatic heterocycles. The third kappa shape index (κ3) is 6.67. The monoisotopic (exact) mass is 632 g/mol. The van der Waals surface area contributed by atoms with Crippen LogP contribution in [0.4, 0.5) is 10.7 Å². The summed E-state index contributed by atoms with van der Waals surface area (Å²) in [6.45, 7) is 7.43. The van der Waals surface area contributed by atoms with Crippen LogP contribution in [0.5, 0.6) is 5.88 Å². The highest BCUT2D eigenvalue weighted by Gasteiger charge is 2.61. The fraction of sp³-hybridized carbons (Fsp3) is 0.708. The van der Waals surface area contributed by atoms with Crippen molar-refractivity contribution in [1.29, 1.82) is 0 Å². The van der Waals surface area contributed by atoms with Gasteiger partial charge in [0.05, 0.1) is 33.3 Å². The number of alkyl carbamates (subject to hydrolysis) is 1. The minimum atomic E-state index is -4.02. The largest absolute Gasteiger partial charge is 0.479 e. The summed E-state index contributed by atoms with van der Waals surface area (Å²) in [5.74, 6) is 0.404. The van der Waals surface area contributed by atoms with E-state index in [0.717, 1.165) is 11.8 Å². The molecule has 0 spiro atoms. The van der Waals surface area contributed by atoms with E-state index < -0.39 is 43.4 Å². The first-order valence-electron chi connectivity index (χ1n) is 13.3. The number of hydrogen-bond donors (Lipinski definition) is 2. The zero-order valence-electron chi connectivity index (χ0n) is 24.4. The number of aromatic nitrogens is 4. The molecule has 0 saturated carbocycles. The highest BCUT2D eigenvalue weighted by atomic mass is 32.2. The first-order valence-corrected chi connectivity index (χ1v) is 15.7. The molecule has 0 radical (unpaired) electrons. The van der Waals surface area contributed by atoms with Gasteiger partial charge in [-0.05, 0) is 20.3 Å². The normalized spacial score (nSPS) is 27.5. The Morgan fingerprint density at radius 3 is 2.79 bits per heavy atom. The average Bonchev–Trinajstić information content (AvgIpc) is 3.48. The topological polar surface area (TPSA) is 197 Å². The molecular weight excluding hydrogens is 595 g/mol. The number of anilines is 1. The number of phosphoric acid groups is 1. The van der Waals surface area contributed by atoms with Crippen molar-refractivity contribution in [2.24, 2.45) is 5.41 Å². The quantitative estimate of drug-likeness (QED) is 0.256. The van der Waals surface area contributed by atoms with Crippen LogP contribution in [0.3, 0.4) is 0 Å². The van der Waals surface area contributed by atoms with Gasteiger partial charge in [-0.1, -0.05) is 25.6 Å². The van der Waals surface area contributed by atoms with Crippen LogP contribution in [0.1, 0.15) is 40.3 Å². The van der Waals surface area contributed by atoms with Crippen molar-refractivity contribution in [3.63, 3.8) is 0 Å². The summed E-state index contributed by atoms with van der Waals surface area (Å²) in [4.78, 5) is 36.9. The van der Waals surface area contributed by atoms with Crippen molar-refractivity contribution in [3.05, 3.63) is 6.33 Å². The molecule has 0 aromatic carbocycles.